The van der Waals surface area contributed by atoms with Crippen LogP contribution in [0.25, 0.3) is 0 Å². The number of ether oxygens (including phenoxy) is 2. The van der Waals surface area contributed by atoms with Gasteiger partial charge in [0.1, 0.15) is 5.75 Å². The maximum Gasteiger partial charge on any atom is 0.307 e. The van der Waals surface area contributed by atoms with Crippen LogP contribution in [0.5, 0.6) is 5.75 Å². The average molecular weight is 369 g/mol. The fraction of sp³-hybridized carbons (Fsp3) is 0.364. The smallest absolute Gasteiger partial charge is 0.307 e. The minimum atomic E-state index is -0.292. The highest BCUT2D eigenvalue weighted by molar-refractivity contribution is 5.80. The Labute approximate surface area is 160 Å². The fourth-order valence-corrected chi connectivity index (χ4v) is 2.91. The molecule has 0 saturated carbocycles. The molecular formula is C22H27NO4. The summed E-state index contributed by atoms with van der Waals surface area (Å²) in [6, 6.07) is 17.1. The number of hydrogen-bond acceptors (Lipinski definition) is 4. The van der Waals surface area contributed by atoms with E-state index in [4.69, 9.17) is 9.47 Å². The molecule has 0 spiro atoms. The van der Waals surface area contributed by atoms with E-state index in [1.165, 1.54) is 0 Å². The molecule has 0 aliphatic rings. The molecule has 0 aromatic heterocycles. The summed E-state index contributed by atoms with van der Waals surface area (Å²) in [5, 5.41) is 0. The first-order valence-corrected chi connectivity index (χ1v) is 9.18. The van der Waals surface area contributed by atoms with Gasteiger partial charge in [-0.15, -0.1) is 0 Å². The second-order valence-electron chi connectivity index (χ2n) is 6.25. The van der Waals surface area contributed by atoms with Crippen molar-refractivity contribution in [3.05, 3.63) is 65.7 Å². The molecule has 0 aliphatic heterocycles. The molecule has 1 atom stereocenters. The van der Waals surface area contributed by atoms with Crippen LogP contribution in [0.3, 0.4) is 0 Å². The largest absolute Gasteiger partial charge is 0.497 e. The minimum Gasteiger partial charge on any atom is -0.497 e. The summed E-state index contributed by atoms with van der Waals surface area (Å²) >= 11 is 0. The van der Waals surface area contributed by atoms with Crippen molar-refractivity contribution in [2.45, 2.75) is 32.7 Å². The number of hydrogen-bond donors (Lipinski definition) is 0. The molecule has 1 unspecified atom stereocenters. The van der Waals surface area contributed by atoms with Crippen LogP contribution >= 0.6 is 0 Å². The molecule has 0 aliphatic carbocycles. The average Bonchev–Trinajstić information content (AvgIpc) is 2.69. The van der Waals surface area contributed by atoms with Crippen molar-refractivity contribution >= 4 is 11.9 Å². The van der Waals surface area contributed by atoms with Crippen molar-refractivity contribution in [1.82, 2.24) is 4.90 Å². The predicted molar refractivity (Wildman–Crippen MR) is 105 cm³/mol. The van der Waals surface area contributed by atoms with E-state index in [9.17, 15) is 9.59 Å². The van der Waals surface area contributed by atoms with E-state index in [-0.39, 0.29) is 30.8 Å². The van der Waals surface area contributed by atoms with Gasteiger partial charge in [0.05, 0.1) is 32.6 Å². The van der Waals surface area contributed by atoms with E-state index in [2.05, 4.69) is 0 Å². The van der Waals surface area contributed by atoms with Gasteiger partial charge < -0.3 is 14.4 Å². The van der Waals surface area contributed by atoms with Crippen LogP contribution < -0.4 is 4.74 Å². The third kappa shape index (κ3) is 6.13. The van der Waals surface area contributed by atoms with Crippen molar-refractivity contribution in [1.29, 1.82) is 0 Å². The van der Waals surface area contributed by atoms with E-state index in [0.717, 1.165) is 16.9 Å². The Balaban J connectivity index is 2.13. The predicted octanol–water partition coefficient (Wildman–Crippen LogP) is 3.78. The highest BCUT2D eigenvalue weighted by atomic mass is 16.5. The lowest BCUT2D eigenvalue weighted by Crippen LogP contribution is -2.36. The summed E-state index contributed by atoms with van der Waals surface area (Å²) in [5.74, 6) is 0.434. The molecule has 27 heavy (non-hydrogen) atoms. The first-order valence-electron chi connectivity index (χ1n) is 9.18. The number of rotatable bonds is 9. The monoisotopic (exact) mass is 369 g/mol. The van der Waals surface area contributed by atoms with Gasteiger partial charge in [0, 0.05) is 6.54 Å². The fourth-order valence-electron chi connectivity index (χ4n) is 2.91. The zero-order chi connectivity index (χ0) is 19.6. The third-order valence-corrected chi connectivity index (χ3v) is 4.45. The first kappa shape index (κ1) is 20.5. The summed E-state index contributed by atoms with van der Waals surface area (Å²) < 4.78 is 10.2. The van der Waals surface area contributed by atoms with Crippen LogP contribution in [0, 0.1) is 0 Å². The third-order valence-electron chi connectivity index (χ3n) is 4.45. The molecule has 144 valence electrons. The zero-order valence-electron chi connectivity index (χ0n) is 16.2. The number of benzene rings is 2. The Morgan fingerprint density at radius 1 is 1.04 bits per heavy atom. The number of amides is 1. The Kier molecular flexibility index (Phi) is 7.86. The maximum absolute atomic E-state index is 13.0. The van der Waals surface area contributed by atoms with Crippen LogP contribution in [0.2, 0.25) is 0 Å². The number of methoxy groups -OCH3 is 1. The minimum absolute atomic E-state index is 0.0270. The molecule has 5 nitrogen and oxygen atoms in total. The van der Waals surface area contributed by atoms with Crippen molar-refractivity contribution < 1.29 is 19.1 Å². The maximum atomic E-state index is 13.0. The highest BCUT2D eigenvalue weighted by Crippen LogP contribution is 2.22. The molecule has 5 heteroatoms. The SMILES string of the molecule is CCOC(=O)CCN(C(=O)Cc1ccc(OC)cc1)C(C)c1ccccc1. The normalized spacial score (nSPS) is 11.5. The lowest BCUT2D eigenvalue weighted by molar-refractivity contribution is -0.144. The zero-order valence-corrected chi connectivity index (χ0v) is 16.2. The van der Waals surface area contributed by atoms with Crippen molar-refractivity contribution in [3.8, 4) is 5.75 Å². The molecule has 0 heterocycles. The number of nitrogens with zero attached hydrogens (tertiary/aromatic N) is 1. The summed E-state index contributed by atoms with van der Waals surface area (Å²) in [7, 11) is 1.61. The molecule has 2 aromatic carbocycles. The number of carbonyl (C=O) groups is 2. The summed E-state index contributed by atoms with van der Waals surface area (Å²) in [6.45, 7) is 4.42. The van der Waals surface area contributed by atoms with E-state index in [1.807, 2.05) is 61.5 Å². The Bertz CT molecular complexity index is 728. The standard InChI is InChI=1S/C22H27NO4/c1-4-27-22(25)14-15-23(17(2)19-8-6-5-7-9-19)21(24)16-18-10-12-20(26-3)13-11-18/h5-13,17H,4,14-16H2,1-3H3. The Hall–Kier alpha value is -2.82. The van der Waals surface area contributed by atoms with E-state index < -0.39 is 0 Å². The molecule has 1 amide bonds. The summed E-state index contributed by atoms with van der Waals surface area (Å²) in [4.78, 5) is 26.5. The second-order valence-corrected chi connectivity index (χ2v) is 6.25. The van der Waals surface area contributed by atoms with E-state index in [1.54, 1.807) is 18.9 Å². The molecule has 0 bridgehead atoms. The lowest BCUT2D eigenvalue weighted by atomic mass is 10.0. The van der Waals surface area contributed by atoms with Gasteiger partial charge >= 0.3 is 5.97 Å². The van der Waals surface area contributed by atoms with Crippen LogP contribution in [0.4, 0.5) is 0 Å². The lowest BCUT2D eigenvalue weighted by Gasteiger charge is -2.29. The van der Waals surface area contributed by atoms with E-state index >= 15 is 0 Å². The Morgan fingerprint density at radius 3 is 2.30 bits per heavy atom. The van der Waals surface area contributed by atoms with Crippen LogP contribution in [-0.2, 0) is 20.7 Å². The van der Waals surface area contributed by atoms with Gasteiger partial charge in [-0.3, -0.25) is 9.59 Å². The van der Waals surface area contributed by atoms with Crippen molar-refractivity contribution in [2.75, 3.05) is 20.3 Å². The van der Waals surface area contributed by atoms with Gasteiger partial charge in [-0.05, 0) is 37.1 Å². The Morgan fingerprint density at radius 2 is 1.70 bits per heavy atom. The molecule has 2 rings (SSSR count). The second kappa shape index (κ2) is 10.4. The number of carbonyl (C=O) groups excluding carboxylic acids is 2. The highest BCUT2D eigenvalue weighted by Gasteiger charge is 2.22. The van der Waals surface area contributed by atoms with E-state index in [0.29, 0.717) is 13.2 Å². The molecule has 0 saturated heterocycles. The molecule has 2 aromatic rings. The topological polar surface area (TPSA) is 55.8 Å². The quantitative estimate of drug-likeness (QED) is 0.631. The van der Waals surface area contributed by atoms with Gasteiger partial charge in [0.2, 0.25) is 5.91 Å². The van der Waals surface area contributed by atoms with Crippen molar-refractivity contribution in [3.63, 3.8) is 0 Å². The molecule has 0 radical (unpaired) electrons. The van der Waals surface area contributed by atoms with Crippen LogP contribution in [0.15, 0.2) is 54.6 Å². The van der Waals surface area contributed by atoms with Gasteiger partial charge in [-0.1, -0.05) is 42.5 Å². The summed E-state index contributed by atoms with van der Waals surface area (Å²) in [5.41, 5.74) is 1.94. The molecular weight excluding hydrogens is 342 g/mol. The first-order chi connectivity index (χ1) is 13.0. The van der Waals surface area contributed by atoms with Crippen LogP contribution in [0.1, 0.15) is 37.4 Å². The molecule has 0 N–H and O–H groups in total. The van der Waals surface area contributed by atoms with Gasteiger partial charge in [-0.25, -0.2) is 0 Å². The van der Waals surface area contributed by atoms with Gasteiger partial charge in [0.15, 0.2) is 0 Å². The number of esters is 1. The van der Waals surface area contributed by atoms with Gasteiger partial charge in [-0.2, -0.15) is 0 Å². The van der Waals surface area contributed by atoms with Crippen LogP contribution in [-0.4, -0.2) is 37.0 Å². The summed E-state index contributed by atoms with van der Waals surface area (Å²) in [6.07, 6.45) is 0.448. The van der Waals surface area contributed by atoms with Gasteiger partial charge in [0.25, 0.3) is 0 Å². The molecule has 0 fully saturated rings. The van der Waals surface area contributed by atoms with Crippen molar-refractivity contribution in [2.24, 2.45) is 0 Å².